The van der Waals surface area contributed by atoms with Crippen LogP contribution in [0.5, 0.6) is 0 Å². The topological polar surface area (TPSA) is 84.3 Å². The van der Waals surface area contributed by atoms with Crippen molar-refractivity contribution in [3.05, 3.63) is 76.4 Å². The van der Waals surface area contributed by atoms with Crippen molar-refractivity contribution in [3.8, 4) is 0 Å². The molecule has 1 aromatic heterocycles. The Hall–Kier alpha value is -2.49. The third kappa shape index (κ3) is 4.97. The molecule has 0 bridgehead atoms. The maximum Gasteiger partial charge on any atom is 0.256 e. The second kappa shape index (κ2) is 9.11. The van der Waals surface area contributed by atoms with Gasteiger partial charge in [0.2, 0.25) is 10.0 Å². The van der Waals surface area contributed by atoms with Gasteiger partial charge in [0.15, 0.2) is 0 Å². The molecular formula is C21H23BrN4O3S. The van der Waals surface area contributed by atoms with Crippen molar-refractivity contribution in [1.29, 1.82) is 0 Å². The molecule has 0 saturated carbocycles. The molecule has 3 aromatic rings. The van der Waals surface area contributed by atoms with Gasteiger partial charge in [-0.05, 0) is 49.7 Å². The molecule has 1 amide bonds. The summed E-state index contributed by atoms with van der Waals surface area (Å²) in [5.74, 6) is 0.118. The summed E-state index contributed by atoms with van der Waals surface area (Å²) in [7, 11) is -2.16. The van der Waals surface area contributed by atoms with Gasteiger partial charge in [0.25, 0.3) is 5.91 Å². The lowest BCUT2D eigenvalue weighted by Gasteiger charge is -2.21. The van der Waals surface area contributed by atoms with E-state index >= 15 is 0 Å². The second-order valence-electron chi connectivity index (χ2n) is 7.10. The van der Waals surface area contributed by atoms with E-state index in [-0.39, 0.29) is 16.5 Å². The Morgan fingerprint density at radius 1 is 1.17 bits per heavy atom. The van der Waals surface area contributed by atoms with E-state index in [0.29, 0.717) is 12.4 Å². The number of carbonyl (C=O) groups excluding carboxylic acids is 1. The van der Waals surface area contributed by atoms with E-state index in [1.165, 1.54) is 23.5 Å². The van der Waals surface area contributed by atoms with Crippen LogP contribution in [0.4, 0.5) is 5.82 Å². The minimum absolute atomic E-state index is 0.0784. The lowest BCUT2D eigenvalue weighted by Crippen LogP contribution is -2.33. The van der Waals surface area contributed by atoms with E-state index in [2.05, 4.69) is 26.3 Å². The van der Waals surface area contributed by atoms with Crippen LogP contribution in [0.25, 0.3) is 0 Å². The molecule has 30 heavy (non-hydrogen) atoms. The first kappa shape index (κ1) is 22.2. The van der Waals surface area contributed by atoms with Crippen molar-refractivity contribution >= 4 is 37.7 Å². The summed E-state index contributed by atoms with van der Waals surface area (Å²) in [5, 5.41) is 7.08. The summed E-state index contributed by atoms with van der Waals surface area (Å²) < 4.78 is 29.4. The molecular weight excluding hydrogens is 468 g/mol. The number of hydrogen-bond donors (Lipinski definition) is 1. The Morgan fingerprint density at radius 3 is 2.53 bits per heavy atom. The Kier molecular flexibility index (Phi) is 6.74. The van der Waals surface area contributed by atoms with Gasteiger partial charge >= 0.3 is 0 Å². The van der Waals surface area contributed by atoms with E-state index in [1.54, 1.807) is 42.9 Å². The standard InChI is InChI=1S/C21H23BrN4O3S/c1-15(2)25(3)30(28,29)19-6-4-5-17(13-19)21(27)24-20-11-12-23-26(20)14-16-7-9-18(22)10-8-16/h4-13,15H,14H2,1-3H3,(H,24,27). The highest BCUT2D eigenvalue weighted by atomic mass is 79.9. The van der Waals surface area contributed by atoms with Crippen LogP contribution in [0.3, 0.4) is 0 Å². The summed E-state index contributed by atoms with van der Waals surface area (Å²) in [6, 6.07) is 15.3. The van der Waals surface area contributed by atoms with Crippen molar-refractivity contribution < 1.29 is 13.2 Å². The third-order valence-electron chi connectivity index (χ3n) is 4.70. The Bertz CT molecular complexity index is 1140. The molecule has 2 aromatic carbocycles. The number of nitrogens with one attached hydrogen (secondary N) is 1. The van der Waals surface area contributed by atoms with E-state index in [4.69, 9.17) is 0 Å². The lowest BCUT2D eigenvalue weighted by molar-refractivity contribution is 0.102. The molecule has 0 aliphatic heterocycles. The SMILES string of the molecule is CC(C)N(C)S(=O)(=O)c1cccc(C(=O)Nc2ccnn2Cc2ccc(Br)cc2)c1. The zero-order valence-corrected chi connectivity index (χ0v) is 19.3. The highest BCUT2D eigenvalue weighted by Gasteiger charge is 2.24. The first-order valence-corrected chi connectivity index (χ1v) is 11.6. The van der Waals surface area contributed by atoms with Gasteiger partial charge in [-0.25, -0.2) is 13.1 Å². The minimum Gasteiger partial charge on any atom is -0.307 e. The number of amides is 1. The Balaban J connectivity index is 1.79. The van der Waals surface area contributed by atoms with Crippen LogP contribution in [0.1, 0.15) is 29.8 Å². The number of hydrogen-bond acceptors (Lipinski definition) is 4. The molecule has 3 rings (SSSR count). The molecule has 0 unspecified atom stereocenters. The minimum atomic E-state index is -3.68. The molecule has 0 radical (unpaired) electrons. The summed E-state index contributed by atoms with van der Waals surface area (Å²) in [5.41, 5.74) is 1.28. The maximum atomic E-state index is 12.8. The van der Waals surface area contributed by atoms with E-state index < -0.39 is 15.9 Å². The van der Waals surface area contributed by atoms with E-state index in [1.807, 2.05) is 24.3 Å². The van der Waals surface area contributed by atoms with Gasteiger partial charge in [-0.15, -0.1) is 0 Å². The molecule has 7 nitrogen and oxygen atoms in total. The molecule has 0 aliphatic carbocycles. The van der Waals surface area contributed by atoms with Crippen molar-refractivity contribution in [2.24, 2.45) is 0 Å². The van der Waals surface area contributed by atoms with Gasteiger partial charge in [-0.2, -0.15) is 9.40 Å². The summed E-state index contributed by atoms with van der Waals surface area (Å²) in [4.78, 5) is 12.9. The molecule has 158 valence electrons. The van der Waals surface area contributed by atoms with E-state index in [0.717, 1.165) is 10.0 Å². The fourth-order valence-corrected chi connectivity index (χ4v) is 4.44. The number of benzene rings is 2. The van der Waals surface area contributed by atoms with Crippen molar-refractivity contribution in [3.63, 3.8) is 0 Å². The lowest BCUT2D eigenvalue weighted by atomic mass is 10.2. The van der Waals surface area contributed by atoms with Crippen LogP contribution in [0, 0.1) is 0 Å². The van der Waals surface area contributed by atoms with Crippen LogP contribution < -0.4 is 5.32 Å². The van der Waals surface area contributed by atoms with Crippen molar-refractivity contribution in [2.75, 3.05) is 12.4 Å². The summed E-state index contributed by atoms with van der Waals surface area (Å²) in [6.45, 7) is 4.07. The number of rotatable bonds is 7. The Labute approximate surface area is 184 Å². The molecule has 0 aliphatic rings. The molecule has 9 heteroatoms. The van der Waals surface area contributed by atoms with Crippen LogP contribution in [0.15, 0.2) is 70.2 Å². The average Bonchev–Trinajstić information content (AvgIpc) is 3.15. The highest BCUT2D eigenvalue weighted by molar-refractivity contribution is 9.10. The average molecular weight is 491 g/mol. The van der Waals surface area contributed by atoms with Crippen LogP contribution in [-0.2, 0) is 16.6 Å². The van der Waals surface area contributed by atoms with Gasteiger partial charge in [-0.1, -0.05) is 34.1 Å². The number of carbonyl (C=O) groups is 1. The van der Waals surface area contributed by atoms with Gasteiger partial charge in [0, 0.05) is 29.2 Å². The molecule has 1 N–H and O–H groups in total. The molecule has 1 heterocycles. The smallest absolute Gasteiger partial charge is 0.256 e. The van der Waals surface area contributed by atoms with Crippen LogP contribution in [-0.4, -0.2) is 41.5 Å². The number of aromatic nitrogens is 2. The monoisotopic (exact) mass is 490 g/mol. The fraction of sp³-hybridized carbons (Fsp3) is 0.238. The molecule has 0 atom stereocenters. The zero-order valence-electron chi connectivity index (χ0n) is 16.9. The van der Waals surface area contributed by atoms with E-state index in [9.17, 15) is 13.2 Å². The van der Waals surface area contributed by atoms with Crippen molar-refractivity contribution in [2.45, 2.75) is 31.3 Å². The predicted octanol–water partition coefficient (Wildman–Crippen LogP) is 3.98. The summed E-state index contributed by atoms with van der Waals surface area (Å²) in [6.07, 6.45) is 1.60. The highest BCUT2D eigenvalue weighted by Crippen LogP contribution is 2.19. The predicted molar refractivity (Wildman–Crippen MR) is 120 cm³/mol. The van der Waals surface area contributed by atoms with Gasteiger partial charge in [-0.3, -0.25) is 4.79 Å². The molecule has 0 fully saturated rings. The first-order valence-electron chi connectivity index (χ1n) is 9.34. The number of anilines is 1. The normalized spacial score (nSPS) is 11.8. The summed E-state index contributed by atoms with van der Waals surface area (Å²) >= 11 is 3.41. The largest absolute Gasteiger partial charge is 0.307 e. The van der Waals surface area contributed by atoms with Gasteiger partial charge in [0.05, 0.1) is 17.6 Å². The fourth-order valence-electron chi connectivity index (χ4n) is 2.76. The molecule has 0 saturated heterocycles. The molecule has 0 spiro atoms. The van der Waals surface area contributed by atoms with Crippen LogP contribution >= 0.6 is 15.9 Å². The zero-order chi connectivity index (χ0) is 21.9. The Morgan fingerprint density at radius 2 is 1.87 bits per heavy atom. The first-order chi connectivity index (χ1) is 14.2. The van der Waals surface area contributed by atoms with Crippen LogP contribution in [0.2, 0.25) is 0 Å². The number of halogens is 1. The number of sulfonamides is 1. The second-order valence-corrected chi connectivity index (χ2v) is 10.0. The van der Waals surface area contributed by atoms with Crippen molar-refractivity contribution in [1.82, 2.24) is 14.1 Å². The quantitative estimate of drug-likeness (QED) is 0.542. The third-order valence-corrected chi connectivity index (χ3v) is 7.26. The maximum absolute atomic E-state index is 12.8. The van der Waals surface area contributed by atoms with Gasteiger partial charge in [0.1, 0.15) is 5.82 Å². The van der Waals surface area contributed by atoms with Gasteiger partial charge < -0.3 is 5.32 Å². The number of nitrogens with zero attached hydrogens (tertiary/aromatic N) is 3.